The maximum absolute atomic E-state index is 12.0. The third-order valence-corrected chi connectivity index (χ3v) is 5.06. The summed E-state index contributed by atoms with van der Waals surface area (Å²) in [4.78, 5) is 14.5. The van der Waals surface area contributed by atoms with Crippen LogP contribution in [0.25, 0.3) is 0 Å². The number of nitrogens with two attached hydrogens (primary N) is 1. The van der Waals surface area contributed by atoms with Gasteiger partial charge >= 0.3 is 0 Å². The Balaban J connectivity index is 1.65. The molecule has 0 saturated carbocycles. The molecule has 0 aliphatic carbocycles. The summed E-state index contributed by atoms with van der Waals surface area (Å²) >= 11 is 0. The highest BCUT2D eigenvalue weighted by atomic mass is 16.1. The zero-order valence-electron chi connectivity index (χ0n) is 12.9. The van der Waals surface area contributed by atoms with Crippen molar-refractivity contribution in [1.29, 1.82) is 0 Å². The number of rotatable bonds is 7. The SMILES string of the molecule is CN1C2CCCC1CC(NC(=O)CCCCCCN)C2. The molecule has 0 aromatic heterocycles. The molecule has 2 heterocycles. The Kier molecular flexibility index (Phi) is 6.30. The number of amides is 1. The number of hydrogen-bond donors (Lipinski definition) is 2. The average Bonchev–Trinajstić information content (AvgIpc) is 2.40. The Morgan fingerprint density at radius 2 is 1.80 bits per heavy atom. The fourth-order valence-corrected chi connectivity index (χ4v) is 3.82. The van der Waals surface area contributed by atoms with Gasteiger partial charge in [0.05, 0.1) is 0 Å². The lowest BCUT2D eigenvalue weighted by Crippen LogP contribution is -2.55. The fraction of sp³-hybridized carbons (Fsp3) is 0.938. The number of carbonyl (C=O) groups is 1. The van der Waals surface area contributed by atoms with Gasteiger partial charge in [0.2, 0.25) is 5.91 Å². The quantitative estimate of drug-likeness (QED) is 0.702. The molecule has 0 aromatic carbocycles. The van der Waals surface area contributed by atoms with Gasteiger partial charge in [0, 0.05) is 24.5 Å². The van der Waals surface area contributed by atoms with Gasteiger partial charge in [-0.05, 0) is 52.1 Å². The van der Waals surface area contributed by atoms with Gasteiger partial charge in [0.15, 0.2) is 0 Å². The Morgan fingerprint density at radius 1 is 1.15 bits per heavy atom. The number of hydrogen-bond acceptors (Lipinski definition) is 3. The predicted octanol–water partition coefficient (Wildman–Crippen LogP) is 2.03. The zero-order chi connectivity index (χ0) is 14.4. The number of carbonyl (C=O) groups excluding carboxylic acids is 1. The molecular formula is C16H31N3O. The van der Waals surface area contributed by atoms with Gasteiger partial charge in [-0.25, -0.2) is 0 Å². The molecule has 20 heavy (non-hydrogen) atoms. The van der Waals surface area contributed by atoms with Crippen molar-refractivity contribution in [2.24, 2.45) is 5.73 Å². The van der Waals surface area contributed by atoms with Crippen LogP contribution in [0.4, 0.5) is 0 Å². The van der Waals surface area contributed by atoms with Crippen LogP contribution < -0.4 is 11.1 Å². The molecule has 1 amide bonds. The molecule has 4 nitrogen and oxygen atoms in total. The molecule has 2 aliphatic rings. The van der Waals surface area contributed by atoms with Gasteiger partial charge in [-0.15, -0.1) is 0 Å². The second kappa shape index (κ2) is 7.99. The number of piperidine rings is 2. The van der Waals surface area contributed by atoms with E-state index in [1.54, 1.807) is 0 Å². The molecule has 2 unspecified atom stereocenters. The fourth-order valence-electron chi connectivity index (χ4n) is 3.82. The van der Waals surface area contributed by atoms with Crippen molar-refractivity contribution in [2.45, 2.75) is 82.3 Å². The molecule has 4 heteroatoms. The molecule has 2 bridgehead atoms. The summed E-state index contributed by atoms with van der Waals surface area (Å²) in [5, 5.41) is 3.27. The predicted molar refractivity (Wildman–Crippen MR) is 82.5 cm³/mol. The van der Waals surface area contributed by atoms with Crippen LogP contribution in [0, 0.1) is 0 Å². The monoisotopic (exact) mass is 281 g/mol. The summed E-state index contributed by atoms with van der Waals surface area (Å²) < 4.78 is 0. The second-order valence-electron chi connectivity index (χ2n) is 6.59. The number of unbranched alkanes of at least 4 members (excludes halogenated alkanes) is 3. The molecule has 2 aliphatic heterocycles. The standard InChI is InChI=1S/C16H31N3O/c1-19-14-7-6-8-15(19)12-13(11-14)18-16(20)9-4-2-3-5-10-17/h13-15H,2-12,17H2,1H3,(H,18,20). The van der Waals surface area contributed by atoms with Crippen molar-refractivity contribution >= 4 is 5.91 Å². The van der Waals surface area contributed by atoms with Crippen LogP contribution in [0.3, 0.4) is 0 Å². The van der Waals surface area contributed by atoms with Gasteiger partial charge in [-0.1, -0.05) is 19.3 Å². The first kappa shape index (κ1) is 15.8. The van der Waals surface area contributed by atoms with Crippen molar-refractivity contribution < 1.29 is 4.79 Å². The molecule has 0 spiro atoms. The summed E-state index contributed by atoms with van der Waals surface area (Å²) in [6.07, 6.45) is 11.3. The summed E-state index contributed by atoms with van der Waals surface area (Å²) in [7, 11) is 2.25. The lowest BCUT2D eigenvalue weighted by atomic mass is 9.82. The second-order valence-corrected chi connectivity index (χ2v) is 6.59. The lowest BCUT2D eigenvalue weighted by Gasteiger charge is -2.47. The molecular weight excluding hydrogens is 250 g/mol. The van der Waals surface area contributed by atoms with Crippen LogP contribution in [-0.4, -0.2) is 42.5 Å². The summed E-state index contributed by atoms with van der Waals surface area (Å²) in [6, 6.07) is 1.80. The number of nitrogens with one attached hydrogen (secondary N) is 1. The van der Waals surface area contributed by atoms with E-state index < -0.39 is 0 Å². The van der Waals surface area contributed by atoms with Gasteiger partial charge < -0.3 is 16.0 Å². The van der Waals surface area contributed by atoms with E-state index in [4.69, 9.17) is 5.73 Å². The van der Waals surface area contributed by atoms with E-state index in [1.807, 2.05) is 0 Å². The number of fused-ring (bicyclic) bond motifs is 2. The minimum Gasteiger partial charge on any atom is -0.353 e. The summed E-state index contributed by atoms with van der Waals surface area (Å²) in [5.41, 5.74) is 5.47. The van der Waals surface area contributed by atoms with Gasteiger partial charge in [0.25, 0.3) is 0 Å². The van der Waals surface area contributed by atoms with Gasteiger partial charge in [-0.2, -0.15) is 0 Å². The van der Waals surface area contributed by atoms with Crippen LogP contribution in [-0.2, 0) is 4.79 Å². The van der Waals surface area contributed by atoms with Crippen molar-refractivity contribution in [2.75, 3.05) is 13.6 Å². The smallest absolute Gasteiger partial charge is 0.220 e. The highest BCUT2D eigenvalue weighted by Gasteiger charge is 2.36. The maximum atomic E-state index is 12.0. The van der Waals surface area contributed by atoms with Crippen LogP contribution in [0.15, 0.2) is 0 Å². The van der Waals surface area contributed by atoms with Gasteiger partial charge in [-0.3, -0.25) is 4.79 Å². The largest absolute Gasteiger partial charge is 0.353 e. The molecule has 0 radical (unpaired) electrons. The van der Waals surface area contributed by atoms with E-state index in [2.05, 4.69) is 17.3 Å². The van der Waals surface area contributed by atoms with Crippen LogP contribution >= 0.6 is 0 Å². The van der Waals surface area contributed by atoms with Crippen molar-refractivity contribution in [3.63, 3.8) is 0 Å². The maximum Gasteiger partial charge on any atom is 0.220 e. The Hall–Kier alpha value is -0.610. The minimum absolute atomic E-state index is 0.255. The van der Waals surface area contributed by atoms with Crippen molar-refractivity contribution in [3.05, 3.63) is 0 Å². The normalized spacial score (nSPS) is 30.2. The third-order valence-electron chi connectivity index (χ3n) is 5.06. The van der Waals surface area contributed by atoms with E-state index in [9.17, 15) is 4.79 Å². The Bertz CT molecular complexity index is 294. The Morgan fingerprint density at radius 3 is 2.45 bits per heavy atom. The first-order valence-electron chi connectivity index (χ1n) is 8.42. The summed E-state index contributed by atoms with van der Waals surface area (Å²) in [6.45, 7) is 0.768. The molecule has 2 fully saturated rings. The molecule has 2 atom stereocenters. The van der Waals surface area contributed by atoms with E-state index in [-0.39, 0.29) is 5.91 Å². The Labute approximate surface area is 123 Å². The first-order valence-corrected chi connectivity index (χ1v) is 8.42. The highest BCUT2D eigenvalue weighted by Crippen LogP contribution is 2.32. The molecule has 0 aromatic rings. The van der Waals surface area contributed by atoms with Crippen LogP contribution in [0.5, 0.6) is 0 Å². The van der Waals surface area contributed by atoms with E-state index in [0.717, 1.165) is 45.1 Å². The molecule has 116 valence electrons. The van der Waals surface area contributed by atoms with E-state index in [0.29, 0.717) is 24.5 Å². The van der Waals surface area contributed by atoms with Crippen LogP contribution in [0.2, 0.25) is 0 Å². The lowest BCUT2D eigenvalue weighted by molar-refractivity contribution is -0.122. The zero-order valence-corrected chi connectivity index (χ0v) is 12.9. The minimum atomic E-state index is 0.255. The van der Waals surface area contributed by atoms with Crippen molar-refractivity contribution in [1.82, 2.24) is 10.2 Å². The number of nitrogens with zero attached hydrogens (tertiary/aromatic N) is 1. The van der Waals surface area contributed by atoms with Crippen molar-refractivity contribution in [3.8, 4) is 0 Å². The first-order chi connectivity index (χ1) is 9.70. The molecule has 2 rings (SSSR count). The van der Waals surface area contributed by atoms with E-state index >= 15 is 0 Å². The van der Waals surface area contributed by atoms with E-state index in [1.165, 1.54) is 19.3 Å². The van der Waals surface area contributed by atoms with Gasteiger partial charge in [0.1, 0.15) is 0 Å². The topological polar surface area (TPSA) is 58.4 Å². The third kappa shape index (κ3) is 4.45. The molecule has 2 saturated heterocycles. The summed E-state index contributed by atoms with van der Waals surface area (Å²) in [5.74, 6) is 0.255. The average molecular weight is 281 g/mol. The van der Waals surface area contributed by atoms with Crippen LogP contribution in [0.1, 0.15) is 64.2 Å². The highest BCUT2D eigenvalue weighted by molar-refractivity contribution is 5.76. The molecule has 3 N–H and O–H groups in total.